The normalized spacial score (nSPS) is 20.6. The number of H-pyrrole nitrogens is 1. The van der Waals surface area contributed by atoms with E-state index in [-0.39, 0.29) is 17.2 Å². The molecule has 40 heavy (non-hydrogen) atoms. The van der Waals surface area contributed by atoms with Crippen molar-refractivity contribution in [2.75, 3.05) is 6.54 Å². The van der Waals surface area contributed by atoms with Crippen LogP contribution in [-0.4, -0.2) is 28.4 Å². The highest BCUT2D eigenvalue weighted by molar-refractivity contribution is 5.85. The van der Waals surface area contributed by atoms with Crippen LogP contribution < -0.4 is 10.9 Å². The van der Waals surface area contributed by atoms with E-state index in [1.807, 2.05) is 11.0 Å². The highest BCUT2D eigenvalue weighted by Gasteiger charge is 2.38. The molecule has 2 aliphatic rings. The van der Waals surface area contributed by atoms with E-state index in [0.29, 0.717) is 48.9 Å². The Morgan fingerprint density at radius 1 is 0.925 bits per heavy atom. The number of likely N-dealkylation sites (tertiary alicyclic amines) is 1. The average molecular weight is 566 g/mol. The quantitative estimate of drug-likeness (QED) is 0.333. The number of amides is 1. The van der Waals surface area contributed by atoms with Gasteiger partial charge in [-0.3, -0.25) is 14.5 Å². The van der Waals surface area contributed by atoms with Gasteiger partial charge >= 0.3 is 12.4 Å². The first-order valence-corrected chi connectivity index (χ1v) is 13.3. The molecule has 5 rings (SSSR count). The molecule has 1 saturated heterocycles. The molecular formula is C29H29F6N3O2. The summed E-state index contributed by atoms with van der Waals surface area (Å²) < 4.78 is 79.7. The fourth-order valence-corrected chi connectivity index (χ4v) is 5.66. The number of piperidine rings is 1. The van der Waals surface area contributed by atoms with Crippen LogP contribution in [0.25, 0.3) is 10.8 Å². The fourth-order valence-electron chi connectivity index (χ4n) is 5.66. The van der Waals surface area contributed by atoms with Crippen molar-refractivity contribution < 1.29 is 31.1 Å². The zero-order valence-corrected chi connectivity index (χ0v) is 21.5. The third-order valence-electron chi connectivity index (χ3n) is 7.88. The molecule has 1 aromatic heterocycles. The number of benzene rings is 2. The van der Waals surface area contributed by atoms with Crippen LogP contribution >= 0.6 is 0 Å². The van der Waals surface area contributed by atoms with Gasteiger partial charge in [-0.15, -0.1) is 0 Å². The Hall–Kier alpha value is -3.34. The van der Waals surface area contributed by atoms with Crippen molar-refractivity contribution in [2.24, 2.45) is 11.8 Å². The Balaban J connectivity index is 1.37. The third-order valence-corrected chi connectivity index (χ3v) is 7.88. The van der Waals surface area contributed by atoms with Gasteiger partial charge in [0.15, 0.2) is 0 Å². The second kappa shape index (κ2) is 10.9. The van der Waals surface area contributed by atoms with Crippen molar-refractivity contribution in [3.05, 3.63) is 81.3 Å². The lowest BCUT2D eigenvalue weighted by Crippen LogP contribution is -2.50. The van der Waals surface area contributed by atoms with Gasteiger partial charge in [0.05, 0.1) is 17.2 Å². The fraction of sp³-hybridized carbons (Fsp3) is 0.448. The molecule has 0 spiro atoms. The van der Waals surface area contributed by atoms with E-state index in [0.717, 1.165) is 23.8 Å². The summed E-state index contributed by atoms with van der Waals surface area (Å²) in [5.74, 6) is 0.515. The minimum atomic E-state index is -4.96. The predicted molar refractivity (Wildman–Crippen MR) is 137 cm³/mol. The molecule has 2 heterocycles. The molecule has 5 nitrogen and oxygen atoms in total. The maximum absolute atomic E-state index is 13.4. The molecule has 2 unspecified atom stereocenters. The van der Waals surface area contributed by atoms with Gasteiger partial charge in [0.1, 0.15) is 0 Å². The predicted octanol–water partition coefficient (Wildman–Crippen LogP) is 6.26. The van der Waals surface area contributed by atoms with E-state index >= 15 is 0 Å². The third kappa shape index (κ3) is 6.51. The van der Waals surface area contributed by atoms with Gasteiger partial charge in [-0.1, -0.05) is 25.0 Å². The minimum Gasteiger partial charge on any atom is -0.351 e. The lowest BCUT2D eigenvalue weighted by Gasteiger charge is -2.39. The Kier molecular flexibility index (Phi) is 7.69. The Morgan fingerprint density at radius 2 is 1.62 bits per heavy atom. The van der Waals surface area contributed by atoms with Crippen molar-refractivity contribution >= 4 is 16.7 Å². The van der Waals surface area contributed by atoms with E-state index < -0.39 is 42.0 Å². The van der Waals surface area contributed by atoms with Crippen molar-refractivity contribution in [2.45, 2.75) is 63.6 Å². The van der Waals surface area contributed by atoms with E-state index in [2.05, 4.69) is 10.3 Å². The van der Waals surface area contributed by atoms with Gasteiger partial charge < -0.3 is 10.3 Å². The molecule has 1 saturated carbocycles. The first kappa shape index (κ1) is 28.2. The van der Waals surface area contributed by atoms with Crippen molar-refractivity contribution in [1.82, 2.24) is 15.2 Å². The number of hydrogen-bond donors (Lipinski definition) is 2. The maximum atomic E-state index is 13.4. The van der Waals surface area contributed by atoms with Gasteiger partial charge in [-0.25, -0.2) is 0 Å². The number of aromatic nitrogens is 1. The van der Waals surface area contributed by atoms with Crippen molar-refractivity contribution in [3.63, 3.8) is 0 Å². The first-order chi connectivity index (χ1) is 18.9. The number of alkyl halides is 6. The molecule has 2 N–H and O–H groups in total. The number of hydrogen-bond acceptors (Lipinski definition) is 3. The topological polar surface area (TPSA) is 65.2 Å². The maximum Gasteiger partial charge on any atom is 0.416 e. The molecule has 1 amide bonds. The van der Waals surface area contributed by atoms with Gasteiger partial charge in [0, 0.05) is 24.7 Å². The summed E-state index contributed by atoms with van der Waals surface area (Å²) in [5, 5.41) is 3.89. The van der Waals surface area contributed by atoms with Gasteiger partial charge in [0.25, 0.3) is 5.56 Å². The molecule has 1 aliphatic heterocycles. The van der Waals surface area contributed by atoms with E-state index in [1.54, 1.807) is 24.4 Å². The number of nitrogens with one attached hydrogen (secondary N) is 2. The lowest BCUT2D eigenvalue weighted by molar-refractivity contribution is -0.143. The molecule has 2 fully saturated rings. The number of fused-ring (bicyclic) bond motifs is 1. The average Bonchev–Trinajstić information content (AvgIpc) is 3.71. The molecular weight excluding hydrogens is 536 g/mol. The molecule has 2 atom stereocenters. The standard InChI is InChI=1S/C29H29F6N3O2/c30-28(31,32)21-11-19(12-22(14-21)29(33,34)35)15-37-27(40)25-13-18(10-17-4-5-17)7-9-38(25)16-20-2-1-3-24-23(20)6-8-36-26(24)39/h1-3,6,8,11-12,14,17-18,25H,4-5,7,9-10,13,15-16H2,(H,36,39)(H,37,40). The summed E-state index contributed by atoms with van der Waals surface area (Å²) in [6.07, 6.45) is -3.60. The number of carbonyl (C=O) groups is 1. The zero-order valence-electron chi connectivity index (χ0n) is 21.5. The number of carbonyl (C=O) groups excluding carboxylic acids is 1. The Labute approximate surface area is 226 Å². The van der Waals surface area contributed by atoms with Crippen LogP contribution in [0.5, 0.6) is 0 Å². The Bertz CT molecular complexity index is 1410. The van der Waals surface area contributed by atoms with Crippen LogP contribution in [-0.2, 0) is 30.2 Å². The van der Waals surface area contributed by atoms with Gasteiger partial charge in [0.2, 0.25) is 5.91 Å². The number of halogens is 6. The summed E-state index contributed by atoms with van der Waals surface area (Å²) in [5.41, 5.74) is -2.48. The highest BCUT2D eigenvalue weighted by Crippen LogP contribution is 2.40. The Morgan fingerprint density at radius 3 is 2.27 bits per heavy atom. The number of nitrogens with zero attached hydrogens (tertiary/aromatic N) is 1. The molecule has 0 radical (unpaired) electrons. The second-order valence-corrected chi connectivity index (χ2v) is 10.9. The van der Waals surface area contributed by atoms with Gasteiger partial charge in [-0.05, 0) is 84.5 Å². The minimum absolute atomic E-state index is 0.0753. The number of pyridine rings is 1. The second-order valence-electron chi connectivity index (χ2n) is 10.9. The van der Waals surface area contributed by atoms with Crippen molar-refractivity contribution in [1.29, 1.82) is 0 Å². The SMILES string of the molecule is O=C(NCc1cc(C(F)(F)F)cc(C(F)(F)F)c1)C1CC(CC2CC2)CCN1Cc1cccc2c(=O)[nH]ccc12. The summed E-state index contributed by atoms with van der Waals surface area (Å²) in [6.45, 7) is 0.515. The highest BCUT2D eigenvalue weighted by atomic mass is 19.4. The summed E-state index contributed by atoms with van der Waals surface area (Å²) >= 11 is 0. The van der Waals surface area contributed by atoms with E-state index in [9.17, 15) is 35.9 Å². The monoisotopic (exact) mass is 565 g/mol. The van der Waals surface area contributed by atoms with Crippen LogP contribution in [0.2, 0.25) is 0 Å². The molecule has 11 heteroatoms. The van der Waals surface area contributed by atoms with Crippen LogP contribution in [0.15, 0.2) is 53.5 Å². The molecule has 3 aromatic rings. The summed E-state index contributed by atoms with van der Waals surface area (Å²) in [6, 6.07) is 7.91. The molecule has 1 aliphatic carbocycles. The van der Waals surface area contributed by atoms with Crippen LogP contribution in [0.3, 0.4) is 0 Å². The van der Waals surface area contributed by atoms with Crippen LogP contribution in [0, 0.1) is 11.8 Å². The number of aromatic amines is 1. The van der Waals surface area contributed by atoms with Crippen LogP contribution in [0.4, 0.5) is 26.3 Å². The zero-order chi connectivity index (χ0) is 28.7. The molecule has 214 valence electrons. The lowest BCUT2D eigenvalue weighted by atomic mass is 9.86. The smallest absolute Gasteiger partial charge is 0.351 e. The first-order valence-electron chi connectivity index (χ1n) is 13.3. The van der Waals surface area contributed by atoms with E-state index in [4.69, 9.17) is 0 Å². The van der Waals surface area contributed by atoms with E-state index in [1.165, 1.54) is 12.8 Å². The molecule has 0 bridgehead atoms. The van der Waals surface area contributed by atoms with Crippen LogP contribution in [0.1, 0.15) is 54.4 Å². The summed E-state index contributed by atoms with van der Waals surface area (Å²) in [7, 11) is 0. The molecule has 2 aromatic carbocycles. The number of rotatable bonds is 7. The summed E-state index contributed by atoms with van der Waals surface area (Å²) in [4.78, 5) is 30.3. The van der Waals surface area contributed by atoms with Gasteiger partial charge in [-0.2, -0.15) is 26.3 Å². The largest absolute Gasteiger partial charge is 0.416 e. The van der Waals surface area contributed by atoms with Crippen molar-refractivity contribution in [3.8, 4) is 0 Å².